The first-order valence-corrected chi connectivity index (χ1v) is 15.0. The first-order valence-electron chi connectivity index (χ1n) is 13.6. The number of rotatable bonds is 8. The molecule has 3 aromatic rings. The van der Waals surface area contributed by atoms with Crippen LogP contribution in [0.1, 0.15) is 40.3 Å². The molecule has 2 aromatic heterocycles. The maximum atomic E-state index is 13.7. The number of hydrogen-bond donors (Lipinski definition) is 1. The number of hydrogen-bond acceptors (Lipinski definition) is 9. The standard InChI is InChI=1S/C26H31N5O5S.C2HF3O2/c1-18-14-22(35-3)15-19(2)25(18)37(33,34)31(21-4-5-21)16-24-28-23(17-36-24)26(32)30-12-10-29(11-13-30)20-6-8-27-9-7-20;3-2(4,5)1(6)7/h6-9,14-15,17,21H,4-5,10-13,16H2,1-3H3;(H,6,7). The van der Waals surface area contributed by atoms with Crippen LogP contribution in [0.2, 0.25) is 0 Å². The first-order chi connectivity index (χ1) is 20.7. The van der Waals surface area contributed by atoms with E-state index < -0.39 is 22.2 Å². The van der Waals surface area contributed by atoms with E-state index in [9.17, 15) is 26.4 Å². The van der Waals surface area contributed by atoms with Gasteiger partial charge in [-0.15, -0.1) is 0 Å². The van der Waals surface area contributed by atoms with E-state index in [1.54, 1.807) is 50.4 Å². The van der Waals surface area contributed by atoms with Crippen molar-refractivity contribution in [1.82, 2.24) is 19.2 Å². The fourth-order valence-electron chi connectivity index (χ4n) is 4.83. The SMILES string of the molecule is COc1cc(C)c(S(=O)(=O)N(Cc2nc(C(=O)N3CCN(c4ccncc4)CC3)co2)C2CC2)c(C)c1.O=C(O)C(F)(F)F. The minimum Gasteiger partial charge on any atom is -0.497 e. The highest BCUT2D eigenvalue weighted by atomic mass is 32.2. The lowest BCUT2D eigenvalue weighted by molar-refractivity contribution is -0.192. The van der Waals surface area contributed by atoms with Crippen LogP contribution in [0.4, 0.5) is 18.9 Å². The molecule has 1 saturated carbocycles. The predicted molar refractivity (Wildman–Crippen MR) is 151 cm³/mol. The molecule has 1 aliphatic heterocycles. The summed E-state index contributed by atoms with van der Waals surface area (Å²) in [6.45, 7) is 6.03. The van der Waals surface area contributed by atoms with Crippen LogP contribution in [0.3, 0.4) is 0 Å². The Labute approximate surface area is 252 Å². The van der Waals surface area contributed by atoms with Gasteiger partial charge in [-0.2, -0.15) is 17.5 Å². The van der Waals surface area contributed by atoms with Crippen LogP contribution in [0.5, 0.6) is 5.75 Å². The van der Waals surface area contributed by atoms with Crippen molar-refractivity contribution in [3.8, 4) is 5.75 Å². The van der Waals surface area contributed by atoms with Crippen molar-refractivity contribution in [2.45, 2.75) is 50.3 Å². The lowest BCUT2D eigenvalue weighted by Gasteiger charge is -2.35. The summed E-state index contributed by atoms with van der Waals surface area (Å²) >= 11 is 0. The lowest BCUT2D eigenvalue weighted by atomic mass is 10.1. The average molecular weight is 640 g/mol. The number of aromatic nitrogens is 2. The Balaban J connectivity index is 0.000000566. The van der Waals surface area contributed by atoms with Crippen molar-refractivity contribution < 1.29 is 45.4 Å². The van der Waals surface area contributed by atoms with Crippen LogP contribution in [-0.4, -0.2) is 90.1 Å². The number of carbonyl (C=O) groups excluding carboxylic acids is 1. The van der Waals surface area contributed by atoms with Crippen molar-refractivity contribution in [1.29, 1.82) is 0 Å². The molecule has 2 fully saturated rings. The number of alkyl halides is 3. The van der Waals surface area contributed by atoms with Gasteiger partial charge in [0, 0.05) is 50.3 Å². The third kappa shape index (κ3) is 7.66. The zero-order valence-electron chi connectivity index (χ0n) is 24.2. The molecule has 1 aliphatic carbocycles. The first kappa shape index (κ1) is 32.7. The second-order valence-corrected chi connectivity index (χ2v) is 12.1. The van der Waals surface area contributed by atoms with E-state index in [1.807, 2.05) is 12.1 Å². The van der Waals surface area contributed by atoms with E-state index in [2.05, 4.69) is 14.9 Å². The van der Waals surface area contributed by atoms with Gasteiger partial charge in [-0.3, -0.25) is 9.78 Å². The number of halogens is 3. The second kappa shape index (κ2) is 13.2. The zero-order chi connectivity index (χ0) is 32.2. The molecule has 0 unspecified atom stereocenters. The van der Waals surface area contributed by atoms with Crippen LogP contribution in [0.25, 0.3) is 0 Å². The zero-order valence-corrected chi connectivity index (χ0v) is 25.1. The number of oxazole rings is 1. The number of sulfonamides is 1. The minimum atomic E-state index is -5.08. The van der Waals surface area contributed by atoms with Crippen molar-refractivity contribution in [3.63, 3.8) is 0 Å². The summed E-state index contributed by atoms with van der Waals surface area (Å²) in [6, 6.07) is 7.24. The van der Waals surface area contributed by atoms with Crippen molar-refractivity contribution in [2.24, 2.45) is 0 Å². The summed E-state index contributed by atoms with van der Waals surface area (Å²) in [7, 11) is -2.26. The van der Waals surface area contributed by atoms with Crippen molar-refractivity contribution in [3.05, 3.63) is 65.6 Å². The largest absolute Gasteiger partial charge is 0.497 e. The van der Waals surface area contributed by atoms with Crippen molar-refractivity contribution >= 4 is 27.6 Å². The van der Waals surface area contributed by atoms with E-state index in [0.29, 0.717) is 43.1 Å². The Bertz CT molecular complexity index is 1560. The second-order valence-electron chi connectivity index (χ2n) is 10.3. The molecule has 1 saturated heterocycles. The van der Waals surface area contributed by atoms with Gasteiger partial charge >= 0.3 is 12.1 Å². The maximum Gasteiger partial charge on any atom is 0.490 e. The van der Waals surface area contributed by atoms with Gasteiger partial charge in [0.25, 0.3) is 5.91 Å². The third-order valence-electron chi connectivity index (χ3n) is 7.09. The summed E-state index contributed by atoms with van der Waals surface area (Å²) < 4.78 is 71.5. The van der Waals surface area contributed by atoms with Crippen LogP contribution >= 0.6 is 0 Å². The molecule has 238 valence electrons. The number of piperazine rings is 1. The average Bonchev–Trinajstić information content (AvgIpc) is 3.71. The smallest absolute Gasteiger partial charge is 0.490 e. The van der Waals surface area contributed by atoms with Gasteiger partial charge < -0.3 is 24.1 Å². The molecule has 3 heterocycles. The molecule has 1 amide bonds. The van der Waals surface area contributed by atoms with Crippen LogP contribution in [0.15, 0.2) is 52.2 Å². The summed E-state index contributed by atoms with van der Waals surface area (Å²) in [5.74, 6) is -2.15. The Morgan fingerprint density at radius 2 is 1.66 bits per heavy atom. The number of benzene rings is 1. The van der Waals surface area contributed by atoms with E-state index in [0.717, 1.165) is 18.5 Å². The molecule has 5 rings (SSSR count). The molecule has 1 N–H and O–H groups in total. The van der Waals surface area contributed by atoms with Gasteiger partial charge in [-0.05, 0) is 62.1 Å². The molecule has 2 aliphatic rings. The summed E-state index contributed by atoms with van der Waals surface area (Å²) in [6.07, 6.45) is 1.32. The van der Waals surface area contributed by atoms with E-state index in [-0.39, 0.29) is 35.0 Å². The number of carboxylic acid groups (broad SMARTS) is 1. The van der Waals surface area contributed by atoms with Crippen LogP contribution in [0, 0.1) is 13.8 Å². The summed E-state index contributed by atoms with van der Waals surface area (Å²) in [5.41, 5.74) is 2.51. The highest BCUT2D eigenvalue weighted by Crippen LogP contribution is 2.36. The normalized spacial score (nSPS) is 15.5. The number of aliphatic carboxylic acids is 1. The molecule has 44 heavy (non-hydrogen) atoms. The third-order valence-corrected chi connectivity index (χ3v) is 9.29. The van der Waals surface area contributed by atoms with Gasteiger partial charge in [0.2, 0.25) is 15.9 Å². The van der Waals surface area contributed by atoms with E-state index in [4.69, 9.17) is 19.1 Å². The Morgan fingerprint density at radius 1 is 1.09 bits per heavy atom. The molecular weight excluding hydrogens is 607 g/mol. The highest BCUT2D eigenvalue weighted by Gasteiger charge is 2.41. The number of carboxylic acids is 1. The topological polar surface area (TPSA) is 146 Å². The number of pyridine rings is 1. The molecule has 0 bridgehead atoms. The van der Waals surface area contributed by atoms with Crippen LogP contribution < -0.4 is 9.64 Å². The summed E-state index contributed by atoms with van der Waals surface area (Å²) in [5, 5.41) is 7.12. The van der Waals surface area contributed by atoms with Gasteiger partial charge in [-0.1, -0.05) is 0 Å². The Morgan fingerprint density at radius 3 is 2.16 bits per heavy atom. The molecule has 1 aromatic carbocycles. The fourth-order valence-corrected chi connectivity index (χ4v) is 6.87. The Kier molecular flexibility index (Phi) is 9.83. The highest BCUT2D eigenvalue weighted by molar-refractivity contribution is 7.89. The number of anilines is 1. The van der Waals surface area contributed by atoms with Gasteiger partial charge in [-0.25, -0.2) is 18.2 Å². The van der Waals surface area contributed by atoms with E-state index in [1.165, 1.54) is 10.6 Å². The predicted octanol–water partition coefficient (Wildman–Crippen LogP) is 3.64. The van der Waals surface area contributed by atoms with Gasteiger partial charge in [0.1, 0.15) is 12.0 Å². The molecule has 16 heteroatoms. The maximum absolute atomic E-state index is 13.7. The number of carbonyl (C=O) groups is 2. The van der Waals surface area contributed by atoms with Crippen molar-refractivity contribution in [2.75, 3.05) is 38.2 Å². The number of amides is 1. The number of nitrogens with zero attached hydrogens (tertiary/aromatic N) is 5. The molecule has 12 nitrogen and oxygen atoms in total. The number of methoxy groups -OCH3 is 1. The van der Waals surface area contributed by atoms with Crippen LogP contribution in [-0.2, 0) is 21.4 Å². The fraction of sp³-hybridized carbons (Fsp3) is 0.429. The van der Waals surface area contributed by atoms with Gasteiger partial charge in [0.15, 0.2) is 5.69 Å². The minimum absolute atomic E-state index is 0.0268. The van der Waals surface area contributed by atoms with Gasteiger partial charge in [0.05, 0.1) is 18.6 Å². The molecule has 0 radical (unpaired) electrons. The van der Waals surface area contributed by atoms with E-state index >= 15 is 0 Å². The number of aryl methyl sites for hydroxylation is 2. The molecule has 0 atom stereocenters. The molecular formula is C28H32F3N5O7S. The summed E-state index contributed by atoms with van der Waals surface area (Å²) in [4.78, 5) is 34.7. The Hall–Kier alpha value is -4.18. The monoisotopic (exact) mass is 639 g/mol. The molecule has 0 spiro atoms. The lowest BCUT2D eigenvalue weighted by Crippen LogP contribution is -2.48. The number of ether oxygens (including phenoxy) is 1. The quantitative estimate of drug-likeness (QED) is 0.388.